The molecule has 0 amide bonds. The van der Waals surface area contributed by atoms with Gasteiger partial charge in [0.25, 0.3) is 0 Å². The van der Waals surface area contributed by atoms with Gasteiger partial charge in [-0.15, -0.1) is 0 Å². The van der Waals surface area contributed by atoms with Crippen LogP contribution < -0.4 is 10.6 Å². The maximum atomic E-state index is 13.3. The van der Waals surface area contributed by atoms with Gasteiger partial charge in [-0.1, -0.05) is 48.5 Å². The summed E-state index contributed by atoms with van der Waals surface area (Å²) in [5, 5.41) is 25.1. The summed E-state index contributed by atoms with van der Waals surface area (Å²) < 4.78 is 47.2. The molecule has 0 heterocycles. The highest BCUT2D eigenvalue weighted by Gasteiger charge is 2.35. The fourth-order valence-corrected chi connectivity index (χ4v) is 6.53. The number of aromatic hydroxyl groups is 2. The Morgan fingerprint density at radius 3 is 1.24 bits per heavy atom. The predicted molar refractivity (Wildman–Crippen MR) is 133 cm³/mol. The number of hydrogen-bond acceptors (Lipinski definition) is 8. The van der Waals surface area contributed by atoms with Crippen molar-refractivity contribution in [3.05, 3.63) is 60.7 Å². The van der Waals surface area contributed by atoms with Gasteiger partial charge in [0.2, 0.25) is 0 Å². The molecular weight excluding hydrogens is 478 g/mol. The quantitative estimate of drug-likeness (QED) is 0.328. The minimum Gasteiger partial charge on any atom is -0.506 e. The Balaban J connectivity index is 2.26. The minimum atomic E-state index is -3.89. The molecule has 0 unspecified atom stereocenters. The van der Waals surface area contributed by atoms with Gasteiger partial charge in [-0.3, -0.25) is 9.13 Å². The van der Waals surface area contributed by atoms with Gasteiger partial charge in [0, 0.05) is 39.6 Å². The van der Waals surface area contributed by atoms with Gasteiger partial charge < -0.3 is 28.3 Å². The molecule has 0 fully saturated rings. The Morgan fingerprint density at radius 1 is 0.588 bits per heavy atom. The number of phenols is 2. The second-order valence-electron chi connectivity index (χ2n) is 7.41. The standard InChI is InChI=1S/C24H24O8P2/c1-29-33(27,30-2)19-13-15-9-5-7-11-17(15)21(23(19)25)22-18-12-8-6-10-16(18)14-20(24(22)26)34(28,31-3)32-4/h5-14,25-26H,1-4H3. The SMILES string of the molecule is COP(=O)(OC)c1cc2ccccc2c(-c2c(O)c(P(=O)(OC)OC)cc3ccccc23)c1O. The van der Waals surface area contributed by atoms with Crippen LogP contribution >= 0.6 is 15.2 Å². The van der Waals surface area contributed by atoms with Crippen LogP contribution in [0.3, 0.4) is 0 Å². The lowest BCUT2D eigenvalue weighted by atomic mass is 9.92. The van der Waals surface area contributed by atoms with Crippen LogP contribution in [0.1, 0.15) is 0 Å². The number of rotatable bonds is 7. The normalized spacial score (nSPS) is 12.5. The molecule has 10 heteroatoms. The van der Waals surface area contributed by atoms with E-state index in [0.717, 1.165) is 0 Å². The van der Waals surface area contributed by atoms with Crippen LogP contribution in [0, 0.1) is 0 Å². The van der Waals surface area contributed by atoms with Gasteiger partial charge in [0.1, 0.15) is 22.1 Å². The molecule has 2 N–H and O–H groups in total. The van der Waals surface area contributed by atoms with Crippen LogP contribution in [0.15, 0.2) is 60.7 Å². The van der Waals surface area contributed by atoms with Crippen molar-refractivity contribution in [1.29, 1.82) is 0 Å². The summed E-state index contributed by atoms with van der Waals surface area (Å²) in [5.41, 5.74) is 0.355. The van der Waals surface area contributed by atoms with E-state index in [1.165, 1.54) is 40.6 Å². The van der Waals surface area contributed by atoms with Crippen molar-refractivity contribution in [3.8, 4) is 22.6 Å². The first-order valence-corrected chi connectivity index (χ1v) is 13.3. The molecule has 0 aromatic heterocycles. The zero-order valence-electron chi connectivity index (χ0n) is 19.0. The van der Waals surface area contributed by atoms with Crippen molar-refractivity contribution >= 4 is 47.3 Å². The Bertz CT molecular complexity index is 1370. The third kappa shape index (κ3) is 3.73. The van der Waals surface area contributed by atoms with E-state index in [4.69, 9.17) is 18.1 Å². The average molecular weight is 502 g/mol. The zero-order chi connectivity index (χ0) is 24.7. The Hall–Kier alpha value is -2.70. The molecule has 34 heavy (non-hydrogen) atoms. The summed E-state index contributed by atoms with van der Waals surface area (Å²) in [6, 6.07) is 17.2. The van der Waals surface area contributed by atoms with Crippen LogP contribution in [-0.4, -0.2) is 38.7 Å². The monoisotopic (exact) mass is 502 g/mol. The Morgan fingerprint density at radius 2 is 0.912 bits per heavy atom. The smallest absolute Gasteiger partial charge is 0.364 e. The topological polar surface area (TPSA) is 112 Å². The van der Waals surface area contributed by atoms with Crippen LogP contribution in [0.2, 0.25) is 0 Å². The van der Waals surface area contributed by atoms with Gasteiger partial charge in [-0.2, -0.15) is 0 Å². The van der Waals surface area contributed by atoms with Gasteiger partial charge in [0.15, 0.2) is 0 Å². The molecule has 4 rings (SSSR count). The molecule has 178 valence electrons. The Labute approximate surface area is 196 Å². The molecule has 0 aliphatic rings. The summed E-state index contributed by atoms with van der Waals surface area (Å²) in [7, 11) is -2.89. The summed E-state index contributed by atoms with van der Waals surface area (Å²) in [4.78, 5) is 0. The largest absolute Gasteiger partial charge is 0.506 e. The molecule has 4 aromatic rings. The molecular formula is C24H24O8P2. The lowest BCUT2D eigenvalue weighted by molar-refractivity contribution is 0.285. The molecule has 0 spiro atoms. The van der Waals surface area contributed by atoms with Crippen LogP contribution in [0.25, 0.3) is 32.7 Å². The second kappa shape index (κ2) is 9.16. The van der Waals surface area contributed by atoms with Crippen LogP contribution in [0.5, 0.6) is 11.5 Å². The van der Waals surface area contributed by atoms with E-state index in [-0.39, 0.29) is 21.7 Å². The number of benzene rings is 4. The van der Waals surface area contributed by atoms with Gasteiger partial charge in [-0.25, -0.2) is 0 Å². The summed E-state index contributed by atoms with van der Waals surface area (Å²) in [5.74, 6) is -0.791. The third-order valence-corrected chi connectivity index (χ3v) is 9.59. The first-order chi connectivity index (χ1) is 16.2. The van der Waals surface area contributed by atoms with E-state index in [1.807, 2.05) is 0 Å². The zero-order valence-corrected chi connectivity index (χ0v) is 20.8. The van der Waals surface area contributed by atoms with E-state index in [1.54, 1.807) is 48.5 Å². The summed E-state index contributed by atoms with van der Waals surface area (Å²) in [6.07, 6.45) is 0. The number of hydrogen-bond donors (Lipinski definition) is 2. The van der Waals surface area contributed by atoms with Gasteiger partial charge in [-0.05, 0) is 33.7 Å². The van der Waals surface area contributed by atoms with Crippen molar-refractivity contribution in [1.82, 2.24) is 0 Å². The molecule has 0 saturated carbocycles. The number of fused-ring (bicyclic) bond motifs is 2. The maximum absolute atomic E-state index is 13.3. The molecule has 0 aliphatic carbocycles. The Kier molecular flexibility index (Phi) is 6.58. The van der Waals surface area contributed by atoms with Gasteiger partial charge in [0.05, 0.1) is 0 Å². The minimum absolute atomic E-state index is 0.0678. The summed E-state index contributed by atoms with van der Waals surface area (Å²) in [6.45, 7) is 0. The molecule has 4 aromatic carbocycles. The van der Waals surface area contributed by atoms with Crippen molar-refractivity contribution in [2.24, 2.45) is 0 Å². The maximum Gasteiger partial charge on any atom is 0.364 e. The molecule has 0 bridgehead atoms. The lowest BCUT2D eigenvalue weighted by Crippen LogP contribution is -2.12. The van der Waals surface area contributed by atoms with Crippen molar-refractivity contribution in [2.75, 3.05) is 28.4 Å². The predicted octanol–water partition coefficient (Wildman–Crippen LogP) is 5.29. The van der Waals surface area contributed by atoms with Crippen molar-refractivity contribution in [3.63, 3.8) is 0 Å². The highest BCUT2D eigenvalue weighted by Crippen LogP contribution is 2.55. The first-order valence-electron chi connectivity index (χ1n) is 10.2. The fraction of sp³-hybridized carbons (Fsp3) is 0.167. The van der Waals surface area contributed by atoms with Crippen molar-refractivity contribution in [2.45, 2.75) is 0 Å². The van der Waals surface area contributed by atoms with E-state index < -0.39 is 26.7 Å². The molecule has 0 atom stereocenters. The second-order valence-corrected chi connectivity index (χ2v) is 11.8. The van der Waals surface area contributed by atoms with E-state index >= 15 is 0 Å². The third-order valence-electron chi connectivity index (χ3n) is 5.81. The molecule has 0 saturated heterocycles. The first kappa shape index (κ1) is 24.4. The van der Waals surface area contributed by atoms with Gasteiger partial charge >= 0.3 is 15.2 Å². The van der Waals surface area contributed by atoms with Crippen LogP contribution in [0.4, 0.5) is 0 Å². The van der Waals surface area contributed by atoms with E-state index in [2.05, 4.69) is 0 Å². The lowest BCUT2D eigenvalue weighted by Gasteiger charge is -2.22. The molecule has 8 nitrogen and oxygen atoms in total. The van der Waals surface area contributed by atoms with E-state index in [9.17, 15) is 19.3 Å². The van der Waals surface area contributed by atoms with Crippen molar-refractivity contribution < 1.29 is 37.4 Å². The number of phenolic OH excluding ortho intramolecular Hbond substituents is 2. The summed E-state index contributed by atoms with van der Waals surface area (Å²) >= 11 is 0. The average Bonchev–Trinajstić information content (AvgIpc) is 2.87. The van der Waals surface area contributed by atoms with E-state index in [0.29, 0.717) is 21.5 Å². The highest BCUT2D eigenvalue weighted by atomic mass is 31.2. The highest BCUT2D eigenvalue weighted by molar-refractivity contribution is 7.62. The van der Waals surface area contributed by atoms with Crippen LogP contribution in [-0.2, 0) is 27.2 Å². The molecule has 0 aliphatic heterocycles. The molecule has 0 radical (unpaired) electrons. The fourth-order valence-electron chi connectivity index (χ4n) is 4.11.